The third-order valence-corrected chi connectivity index (χ3v) is 2.38. The molecule has 0 spiro atoms. The summed E-state index contributed by atoms with van der Waals surface area (Å²) in [7, 11) is 1.89. The molecule has 1 heterocycles. The van der Waals surface area contributed by atoms with Crippen molar-refractivity contribution in [2.45, 2.75) is 6.42 Å². The van der Waals surface area contributed by atoms with Crippen molar-refractivity contribution in [3.05, 3.63) is 29.0 Å². The van der Waals surface area contributed by atoms with Crippen LogP contribution < -0.4 is 5.32 Å². The SMILES string of the molecule is CNCCc1nnc2cccc(Cl)c2n1. The number of aromatic nitrogens is 3. The summed E-state index contributed by atoms with van der Waals surface area (Å²) in [6.07, 6.45) is 0.755. The number of para-hydroxylation sites is 1. The molecule has 0 fully saturated rings. The van der Waals surface area contributed by atoms with Crippen LogP contribution in [0, 0.1) is 0 Å². The molecule has 4 nitrogen and oxygen atoms in total. The molecule has 1 aromatic carbocycles. The van der Waals surface area contributed by atoms with Crippen molar-refractivity contribution >= 4 is 22.6 Å². The van der Waals surface area contributed by atoms with Gasteiger partial charge in [-0.25, -0.2) is 4.98 Å². The third kappa shape index (κ3) is 2.22. The predicted octanol–water partition coefficient (Wildman–Crippen LogP) is 1.44. The molecule has 5 heteroatoms. The number of fused-ring (bicyclic) bond motifs is 1. The second-order valence-corrected chi connectivity index (χ2v) is 3.60. The first kappa shape index (κ1) is 10.3. The fourth-order valence-corrected chi connectivity index (χ4v) is 1.51. The largest absolute Gasteiger partial charge is 0.319 e. The van der Waals surface area contributed by atoms with Gasteiger partial charge in [-0.2, -0.15) is 0 Å². The zero-order chi connectivity index (χ0) is 10.7. The number of hydrogen-bond acceptors (Lipinski definition) is 4. The Bertz CT molecular complexity index is 472. The summed E-state index contributed by atoms with van der Waals surface area (Å²) in [5.74, 6) is 0.713. The molecule has 1 N–H and O–H groups in total. The molecule has 1 aromatic heterocycles. The maximum absolute atomic E-state index is 6.02. The van der Waals surface area contributed by atoms with Crippen LogP contribution in [0.5, 0.6) is 0 Å². The Hall–Kier alpha value is -1.26. The van der Waals surface area contributed by atoms with Gasteiger partial charge in [-0.3, -0.25) is 0 Å². The predicted molar refractivity (Wildman–Crippen MR) is 60.0 cm³/mol. The molecule has 0 unspecified atom stereocenters. The number of rotatable bonds is 3. The van der Waals surface area contributed by atoms with Gasteiger partial charge in [-0.15, -0.1) is 10.2 Å². The van der Waals surface area contributed by atoms with E-state index >= 15 is 0 Å². The van der Waals surface area contributed by atoms with Crippen molar-refractivity contribution in [2.24, 2.45) is 0 Å². The Morgan fingerprint density at radius 2 is 2.20 bits per heavy atom. The molecule has 2 aromatic rings. The number of benzene rings is 1. The first-order valence-electron chi connectivity index (χ1n) is 4.73. The Balaban J connectivity index is 2.41. The number of nitrogens with one attached hydrogen (secondary N) is 1. The van der Waals surface area contributed by atoms with E-state index < -0.39 is 0 Å². The highest BCUT2D eigenvalue weighted by atomic mass is 35.5. The lowest BCUT2D eigenvalue weighted by molar-refractivity contribution is 0.743. The van der Waals surface area contributed by atoms with E-state index in [1.807, 2.05) is 19.2 Å². The van der Waals surface area contributed by atoms with Gasteiger partial charge in [0, 0.05) is 13.0 Å². The highest BCUT2D eigenvalue weighted by Gasteiger charge is 2.04. The Morgan fingerprint density at radius 1 is 1.33 bits per heavy atom. The Kier molecular flexibility index (Phi) is 3.08. The summed E-state index contributed by atoms with van der Waals surface area (Å²) in [6.45, 7) is 0.831. The van der Waals surface area contributed by atoms with Gasteiger partial charge < -0.3 is 5.32 Å². The van der Waals surface area contributed by atoms with Gasteiger partial charge in [0.05, 0.1) is 5.02 Å². The van der Waals surface area contributed by atoms with Gasteiger partial charge in [0.15, 0.2) is 5.82 Å². The fraction of sp³-hybridized carbons (Fsp3) is 0.300. The van der Waals surface area contributed by atoms with Crippen LogP contribution in [0.2, 0.25) is 5.02 Å². The monoisotopic (exact) mass is 222 g/mol. The molecular formula is C10H11ClN4. The lowest BCUT2D eigenvalue weighted by Gasteiger charge is -2.01. The second-order valence-electron chi connectivity index (χ2n) is 3.19. The van der Waals surface area contributed by atoms with Crippen LogP contribution in [-0.2, 0) is 6.42 Å². The molecule has 0 saturated heterocycles. The van der Waals surface area contributed by atoms with Gasteiger partial charge in [-0.05, 0) is 19.2 Å². The van der Waals surface area contributed by atoms with Gasteiger partial charge in [-0.1, -0.05) is 17.7 Å². The number of likely N-dealkylation sites (N-methyl/N-ethyl adjacent to an activating group) is 1. The van der Waals surface area contributed by atoms with Crippen molar-refractivity contribution < 1.29 is 0 Å². The molecule has 2 rings (SSSR count). The van der Waals surface area contributed by atoms with Crippen LogP contribution in [-0.4, -0.2) is 28.8 Å². The van der Waals surface area contributed by atoms with Crippen LogP contribution in [0.15, 0.2) is 18.2 Å². The van der Waals surface area contributed by atoms with Crippen LogP contribution >= 0.6 is 11.6 Å². The lowest BCUT2D eigenvalue weighted by Crippen LogP contribution is -2.12. The average Bonchev–Trinajstić information content (AvgIpc) is 2.27. The fourth-order valence-electron chi connectivity index (χ4n) is 1.30. The van der Waals surface area contributed by atoms with Crippen molar-refractivity contribution in [1.82, 2.24) is 20.5 Å². The maximum Gasteiger partial charge on any atom is 0.152 e. The van der Waals surface area contributed by atoms with Crippen LogP contribution in [0.3, 0.4) is 0 Å². The van der Waals surface area contributed by atoms with Crippen LogP contribution in [0.1, 0.15) is 5.82 Å². The van der Waals surface area contributed by atoms with E-state index in [1.165, 1.54) is 0 Å². The zero-order valence-corrected chi connectivity index (χ0v) is 9.12. The van der Waals surface area contributed by atoms with E-state index in [2.05, 4.69) is 20.5 Å². The van der Waals surface area contributed by atoms with Gasteiger partial charge >= 0.3 is 0 Å². The second kappa shape index (κ2) is 4.51. The van der Waals surface area contributed by atoms with Crippen molar-refractivity contribution in [3.8, 4) is 0 Å². The van der Waals surface area contributed by atoms with Gasteiger partial charge in [0.25, 0.3) is 0 Å². The maximum atomic E-state index is 6.02. The smallest absolute Gasteiger partial charge is 0.152 e. The molecule has 0 radical (unpaired) electrons. The zero-order valence-electron chi connectivity index (χ0n) is 8.37. The first-order valence-corrected chi connectivity index (χ1v) is 5.11. The van der Waals surface area contributed by atoms with E-state index in [9.17, 15) is 0 Å². The summed E-state index contributed by atoms with van der Waals surface area (Å²) >= 11 is 6.02. The molecule has 0 aliphatic carbocycles. The number of nitrogens with zero attached hydrogens (tertiary/aromatic N) is 3. The normalized spacial score (nSPS) is 10.8. The molecule has 78 valence electrons. The third-order valence-electron chi connectivity index (χ3n) is 2.08. The minimum Gasteiger partial charge on any atom is -0.319 e. The number of hydrogen-bond donors (Lipinski definition) is 1. The molecule has 0 aliphatic rings. The summed E-state index contributed by atoms with van der Waals surface area (Å²) < 4.78 is 0. The van der Waals surface area contributed by atoms with Crippen molar-refractivity contribution in [2.75, 3.05) is 13.6 Å². The minimum absolute atomic E-state index is 0.619. The summed E-state index contributed by atoms with van der Waals surface area (Å²) in [6, 6.07) is 5.50. The van der Waals surface area contributed by atoms with E-state index in [4.69, 9.17) is 11.6 Å². The van der Waals surface area contributed by atoms with Gasteiger partial charge in [0.2, 0.25) is 0 Å². The van der Waals surface area contributed by atoms with E-state index in [0.717, 1.165) is 24.0 Å². The van der Waals surface area contributed by atoms with Gasteiger partial charge in [0.1, 0.15) is 11.0 Å². The van der Waals surface area contributed by atoms with Crippen LogP contribution in [0.25, 0.3) is 11.0 Å². The summed E-state index contributed by atoms with van der Waals surface area (Å²) in [5, 5.41) is 11.8. The summed E-state index contributed by atoms with van der Waals surface area (Å²) in [4.78, 5) is 4.37. The standard InChI is InChI=1S/C10H11ClN4/c1-12-6-5-9-13-10-7(11)3-2-4-8(10)14-15-9/h2-4,12H,5-6H2,1H3. The van der Waals surface area contributed by atoms with Crippen molar-refractivity contribution in [1.29, 1.82) is 0 Å². The average molecular weight is 223 g/mol. The minimum atomic E-state index is 0.619. The topological polar surface area (TPSA) is 50.7 Å². The molecule has 0 saturated carbocycles. The summed E-state index contributed by atoms with van der Waals surface area (Å²) in [5.41, 5.74) is 1.45. The van der Waals surface area contributed by atoms with E-state index in [-0.39, 0.29) is 0 Å². The molecule has 0 amide bonds. The molecule has 15 heavy (non-hydrogen) atoms. The lowest BCUT2D eigenvalue weighted by atomic mass is 10.3. The highest BCUT2D eigenvalue weighted by Crippen LogP contribution is 2.18. The Morgan fingerprint density at radius 3 is 3.00 bits per heavy atom. The Labute approximate surface area is 92.7 Å². The van der Waals surface area contributed by atoms with E-state index in [1.54, 1.807) is 6.07 Å². The molecular weight excluding hydrogens is 212 g/mol. The quantitative estimate of drug-likeness (QED) is 0.854. The van der Waals surface area contributed by atoms with Crippen LogP contribution in [0.4, 0.5) is 0 Å². The van der Waals surface area contributed by atoms with E-state index in [0.29, 0.717) is 10.8 Å². The molecule has 0 atom stereocenters. The highest BCUT2D eigenvalue weighted by molar-refractivity contribution is 6.34. The number of halogens is 1. The van der Waals surface area contributed by atoms with Crippen molar-refractivity contribution in [3.63, 3.8) is 0 Å². The molecule has 0 aliphatic heterocycles. The first-order chi connectivity index (χ1) is 7.31. The molecule has 0 bridgehead atoms.